The summed E-state index contributed by atoms with van der Waals surface area (Å²) >= 11 is 0. The minimum Gasteiger partial charge on any atom is -0.382 e. The van der Waals surface area contributed by atoms with Crippen LogP contribution in [0.3, 0.4) is 0 Å². The highest BCUT2D eigenvalue weighted by molar-refractivity contribution is 6.02. The molecule has 4 unspecified atom stereocenters. The molecule has 0 aromatic heterocycles. The van der Waals surface area contributed by atoms with Crippen LogP contribution < -0.4 is 5.32 Å². The smallest absolute Gasteiger partial charge is 0.193 e. The van der Waals surface area contributed by atoms with E-state index in [-0.39, 0.29) is 42.0 Å². The van der Waals surface area contributed by atoms with E-state index in [2.05, 4.69) is 5.32 Å². The predicted molar refractivity (Wildman–Crippen MR) is 210 cm³/mol. The fraction of sp³-hybridized carbons (Fsp3) is 0.667. The molecule has 0 aliphatic carbocycles. The van der Waals surface area contributed by atoms with E-state index in [1.807, 2.05) is 52.0 Å². The van der Waals surface area contributed by atoms with Crippen molar-refractivity contribution in [1.29, 1.82) is 0 Å². The number of Topliss-reactive ketones (excluding diaryl/α,β-unsaturated/α-hetero) is 2. The average Bonchev–Trinajstić information content (AvgIpc) is 3.15. The summed E-state index contributed by atoms with van der Waals surface area (Å²) in [6, 6.07) is 13.8. The lowest BCUT2D eigenvalue weighted by molar-refractivity contribution is -0.0840. The van der Waals surface area contributed by atoms with Crippen molar-refractivity contribution in [3.8, 4) is 0 Å². The van der Waals surface area contributed by atoms with Gasteiger partial charge in [-0.3, -0.25) is 9.59 Å². The summed E-state index contributed by atoms with van der Waals surface area (Å²) in [6.07, 6.45) is -0.415. The Morgan fingerprint density at radius 1 is 0.545 bits per heavy atom. The van der Waals surface area contributed by atoms with Gasteiger partial charge in [0.1, 0.15) is 11.2 Å². The molecule has 2 aromatic rings. The van der Waals surface area contributed by atoms with E-state index in [4.69, 9.17) is 37.9 Å². The lowest BCUT2D eigenvalue weighted by Gasteiger charge is -2.26. The zero-order valence-electron chi connectivity index (χ0n) is 34.5. The van der Waals surface area contributed by atoms with E-state index in [0.717, 1.165) is 11.1 Å². The molecule has 0 fully saturated rings. The molecule has 0 radical (unpaired) electrons. The number of methoxy groups -OCH3 is 1. The molecule has 0 aliphatic rings. The maximum absolute atomic E-state index is 12.6. The molecule has 4 atom stereocenters. The number of benzene rings is 2. The van der Waals surface area contributed by atoms with Gasteiger partial charge >= 0.3 is 0 Å². The van der Waals surface area contributed by atoms with Crippen LogP contribution in [0.2, 0.25) is 0 Å². The average molecular weight is 778 g/mol. The van der Waals surface area contributed by atoms with Gasteiger partial charge in [-0.1, -0.05) is 48.5 Å². The number of ether oxygens (including phenoxy) is 8. The Morgan fingerprint density at radius 3 is 1.27 bits per heavy atom. The SMILES string of the molecule is COCCOCCOCCOCCOCC(C)OCC(C)OCC(C)OCC(C)NC(c1ccc(C(=O)C(C)(C)O)cc1)c1ccc(C(=O)C(C)(C)O)cc1. The summed E-state index contributed by atoms with van der Waals surface area (Å²) in [6.45, 7) is 19.5. The summed E-state index contributed by atoms with van der Waals surface area (Å²) in [5.41, 5.74) is -0.386. The summed E-state index contributed by atoms with van der Waals surface area (Å²) in [5, 5.41) is 24.0. The minimum atomic E-state index is -1.49. The molecule has 2 rings (SSSR count). The lowest BCUT2D eigenvalue weighted by atomic mass is 9.91. The first-order valence-electron chi connectivity index (χ1n) is 19.2. The van der Waals surface area contributed by atoms with Crippen molar-refractivity contribution >= 4 is 11.6 Å². The molecular weight excluding hydrogens is 710 g/mol. The number of hydrogen-bond acceptors (Lipinski definition) is 13. The highest BCUT2D eigenvalue weighted by atomic mass is 16.6. The van der Waals surface area contributed by atoms with Gasteiger partial charge < -0.3 is 53.4 Å². The fourth-order valence-corrected chi connectivity index (χ4v) is 5.18. The third kappa shape index (κ3) is 19.9. The molecule has 2 aromatic carbocycles. The Balaban J connectivity index is 1.76. The van der Waals surface area contributed by atoms with Crippen LogP contribution >= 0.6 is 0 Å². The monoisotopic (exact) mass is 777 g/mol. The van der Waals surface area contributed by atoms with Gasteiger partial charge in [0, 0.05) is 24.3 Å². The van der Waals surface area contributed by atoms with Crippen molar-refractivity contribution < 1.29 is 57.7 Å². The van der Waals surface area contributed by atoms with Crippen molar-refractivity contribution in [2.45, 2.75) is 97.0 Å². The van der Waals surface area contributed by atoms with Gasteiger partial charge in [0.2, 0.25) is 0 Å². The molecule has 0 aliphatic heterocycles. The van der Waals surface area contributed by atoms with E-state index in [1.165, 1.54) is 27.7 Å². The molecule has 0 bridgehead atoms. The lowest BCUT2D eigenvalue weighted by Crippen LogP contribution is -2.36. The molecule has 312 valence electrons. The van der Waals surface area contributed by atoms with E-state index in [0.29, 0.717) is 90.4 Å². The molecule has 0 heterocycles. The molecule has 55 heavy (non-hydrogen) atoms. The Bertz CT molecular complexity index is 1270. The fourth-order valence-electron chi connectivity index (χ4n) is 5.18. The van der Waals surface area contributed by atoms with Crippen LogP contribution in [0.15, 0.2) is 48.5 Å². The third-order valence-electron chi connectivity index (χ3n) is 8.34. The largest absolute Gasteiger partial charge is 0.382 e. The quantitative estimate of drug-likeness (QED) is 0.0722. The zero-order chi connectivity index (χ0) is 40.9. The van der Waals surface area contributed by atoms with E-state index in [1.54, 1.807) is 31.4 Å². The Morgan fingerprint density at radius 2 is 0.891 bits per heavy atom. The standard InChI is InChI=1S/C42H67NO12/c1-30(26-53-32(3)28-55-33(4)29-54-31(2)27-52-25-24-51-23-22-50-21-20-49-19-18-48-9)43-38(34-10-14-36(15-11-34)39(44)41(5,6)46)35-12-16-37(17-13-35)40(45)42(7,8)47/h10-17,30-33,38,43,46-47H,18-29H2,1-9H3. The van der Waals surface area contributed by atoms with Crippen molar-refractivity contribution in [3.05, 3.63) is 70.8 Å². The first kappa shape index (κ1) is 48.5. The molecule has 13 nitrogen and oxygen atoms in total. The second-order valence-electron chi connectivity index (χ2n) is 14.9. The van der Waals surface area contributed by atoms with Gasteiger partial charge in [0.05, 0.1) is 104 Å². The van der Waals surface area contributed by atoms with Crippen LogP contribution in [-0.2, 0) is 37.9 Å². The Labute approximate surface area is 328 Å². The van der Waals surface area contributed by atoms with E-state index < -0.39 is 11.2 Å². The van der Waals surface area contributed by atoms with Gasteiger partial charge in [-0.05, 0) is 66.5 Å². The van der Waals surface area contributed by atoms with Crippen molar-refractivity contribution in [3.63, 3.8) is 0 Å². The van der Waals surface area contributed by atoms with Crippen LogP contribution in [0.25, 0.3) is 0 Å². The summed E-state index contributed by atoms with van der Waals surface area (Å²) in [7, 11) is 1.64. The number of carbonyl (C=O) groups is 2. The van der Waals surface area contributed by atoms with Crippen LogP contribution in [0, 0.1) is 0 Å². The Kier molecular flexibility index (Phi) is 22.5. The van der Waals surface area contributed by atoms with E-state index in [9.17, 15) is 19.8 Å². The highest BCUT2D eigenvalue weighted by Crippen LogP contribution is 2.26. The van der Waals surface area contributed by atoms with Crippen molar-refractivity contribution in [2.75, 3.05) is 86.4 Å². The van der Waals surface area contributed by atoms with Gasteiger partial charge in [-0.25, -0.2) is 0 Å². The van der Waals surface area contributed by atoms with Gasteiger partial charge in [0.25, 0.3) is 0 Å². The number of ketones is 2. The van der Waals surface area contributed by atoms with Crippen LogP contribution in [0.1, 0.15) is 93.3 Å². The first-order valence-corrected chi connectivity index (χ1v) is 19.2. The Hall–Kier alpha value is -2.66. The normalized spacial score (nSPS) is 14.5. The summed E-state index contributed by atoms with van der Waals surface area (Å²) < 4.78 is 44.9. The molecular formula is C42H67NO12. The molecule has 0 spiro atoms. The van der Waals surface area contributed by atoms with Gasteiger partial charge in [-0.15, -0.1) is 0 Å². The number of rotatable bonds is 31. The number of hydrogen-bond donors (Lipinski definition) is 3. The number of aliphatic hydroxyl groups is 2. The first-order chi connectivity index (χ1) is 26.0. The van der Waals surface area contributed by atoms with Crippen molar-refractivity contribution in [2.24, 2.45) is 0 Å². The maximum atomic E-state index is 12.6. The van der Waals surface area contributed by atoms with E-state index >= 15 is 0 Å². The second-order valence-corrected chi connectivity index (χ2v) is 14.9. The molecule has 0 amide bonds. The number of nitrogens with one attached hydrogen (secondary N) is 1. The summed E-state index contributed by atoms with van der Waals surface area (Å²) in [4.78, 5) is 25.3. The molecule has 0 saturated heterocycles. The van der Waals surface area contributed by atoms with Crippen LogP contribution in [0.5, 0.6) is 0 Å². The minimum absolute atomic E-state index is 0.0976. The zero-order valence-corrected chi connectivity index (χ0v) is 34.5. The number of carbonyl (C=O) groups excluding carboxylic acids is 2. The van der Waals surface area contributed by atoms with Crippen molar-refractivity contribution in [1.82, 2.24) is 5.32 Å². The predicted octanol–water partition coefficient (Wildman–Crippen LogP) is 4.59. The third-order valence-corrected chi connectivity index (χ3v) is 8.34. The molecule has 3 N–H and O–H groups in total. The van der Waals surface area contributed by atoms with Gasteiger partial charge in [0.15, 0.2) is 11.6 Å². The molecule has 13 heteroatoms. The molecule has 0 saturated carbocycles. The summed E-state index contributed by atoms with van der Waals surface area (Å²) in [5.74, 6) is -0.736. The maximum Gasteiger partial charge on any atom is 0.193 e. The highest BCUT2D eigenvalue weighted by Gasteiger charge is 2.27. The second kappa shape index (κ2) is 25.6. The van der Waals surface area contributed by atoms with Crippen LogP contribution in [-0.4, -0.2) is 144 Å². The van der Waals surface area contributed by atoms with Gasteiger partial charge in [-0.2, -0.15) is 0 Å². The van der Waals surface area contributed by atoms with Crippen LogP contribution in [0.4, 0.5) is 0 Å². The topological polar surface area (TPSA) is 160 Å².